The van der Waals surface area contributed by atoms with Crippen molar-refractivity contribution in [3.8, 4) is 0 Å². The lowest BCUT2D eigenvalue weighted by Crippen LogP contribution is -2.44. The first-order chi connectivity index (χ1) is 7.03. The lowest BCUT2D eigenvalue weighted by Gasteiger charge is -2.23. The predicted octanol–water partition coefficient (Wildman–Crippen LogP) is -0.122. The van der Waals surface area contributed by atoms with Gasteiger partial charge in [-0.1, -0.05) is 6.92 Å². The lowest BCUT2D eigenvalue weighted by atomic mass is 10.2. The SMILES string of the molecule is CCCN=C(N)NC1CCS(=O)(=O)CC1. The van der Waals surface area contributed by atoms with Crippen LogP contribution in [0.2, 0.25) is 0 Å². The molecule has 3 N–H and O–H groups in total. The first kappa shape index (κ1) is 12.3. The van der Waals surface area contributed by atoms with E-state index in [1.165, 1.54) is 0 Å². The van der Waals surface area contributed by atoms with Gasteiger partial charge in [0.25, 0.3) is 0 Å². The van der Waals surface area contributed by atoms with Crippen molar-refractivity contribution in [2.24, 2.45) is 10.7 Å². The van der Waals surface area contributed by atoms with Crippen LogP contribution in [0, 0.1) is 0 Å². The molecule has 0 aromatic rings. The fourth-order valence-electron chi connectivity index (χ4n) is 1.52. The Hall–Kier alpha value is -0.780. The van der Waals surface area contributed by atoms with Gasteiger partial charge in [-0.05, 0) is 19.3 Å². The van der Waals surface area contributed by atoms with Crippen molar-refractivity contribution in [3.63, 3.8) is 0 Å². The van der Waals surface area contributed by atoms with Gasteiger partial charge in [-0.3, -0.25) is 4.99 Å². The smallest absolute Gasteiger partial charge is 0.188 e. The Kier molecular flexibility index (Phi) is 4.38. The number of nitrogens with one attached hydrogen (secondary N) is 1. The highest BCUT2D eigenvalue weighted by Crippen LogP contribution is 2.11. The third-order valence-corrected chi connectivity index (χ3v) is 4.13. The first-order valence-corrected chi connectivity index (χ1v) is 7.12. The molecule has 1 aliphatic rings. The fourth-order valence-corrected chi connectivity index (χ4v) is 3.01. The molecule has 15 heavy (non-hydrogen) atoms. The van der Waals surface area contributed by atoms with Crippen molar-refractivity contribution in [1.29, 1.82) is 0 Å². The number of aliphatic imine (C=N–C) groups is 1. The highest BCUT2D eigenvalue weighted by molar-refractivity contribution is 7.91. The van der Waals surface area contributed by atoms with Gasteiger partial charge in [0.1, 0.15) is 9.84 Å². The Morgan fingerprint density at radius 3 is 2.60 bits per heavy atom. The van der Waals surface area contributed by atoms with Crippen molar-refractivity contribution in [1.82, 2.24) is 5.32 Å². The van der Waals surface area contributed by atoms with Crippen LogP contribution in [0.1, 0.15) is 26.2 Å². The number of hydrogen-bond donors (Lipinski definition) is 2. The molecule has 0 spiro atoms. The summed E-state index contributed by atoms with van der Waals surface area (Å²) in [6.07, 6.45) is 2.22. The van der Waals surface area contributed by atoms with Crippen LogP contribution in [-0.4, -0.2) is 38.5 Å². The monoisotopic (exact) mass is 233 g/mol. The molecule has 1 aliphatic heterocycles. The molecule has 0 bridgehead atoms. The summed E-state index contributed by atoms with van der Waals surface area (Å²) >= 11 is 0. The van der Waals surface area contributed by atoms with Crippen LogP contribution >= 0.6 is 0 Å². The number of guanidine groups is 1. The second-order valence-electron chi connectivity index (χ2n) is 3.84. The van der Waals surface area contributed by atoms with Gasteiger partial charge < -0.3 is 11.1 Å². The van der Waals surface area contributed by atoms with Gasteiger partial charge in [0, 0.05) is 12.6 Å². The molecular formula is C9H19N3O2S. The van der Waals surface area contributed by atoms with E-state index in [-0.39, 0.29) is 17.5 Å². The van der Waals surface area contributed by atoms with Crippen molar-refractivity contribution < 1.29 is 8.42 Å². The zero-order chi connectivity index (χ0) is 11.3. The summed E-state index contributed by atoms with van der Waals surface area (Å²) in [5.41, 5.74) is 5.65. The van der Waals surface area contributed by atoms with Gasteiger partial charge >= 0.3 is 0 Å². The minimum absolute atomic E-state index is 0.161. The predicted molar refractivity (Wildman–Crippen MR) is 61.6 cm³/mol. The molecule has 1 saturated heterocycles. The fraction of sp³-hybridized carbons (Fsp3) is 0.889. The van der Waals surface area contributed by atoms with Crippen molar-refractivity contribution in [2.75, 3.05) is 18.1 Å². The van der Waals surface area contributed by atoms with Crippen LogP contribution in [0.3, 0.4) is 0 Å². The van der Waals surface area contributed by atoms with E-state index in [2.05, 4.69) is 10.3 Å². The third-order valence-electron chi connectivity index (χ3n) is 2.41. The van der Waals surface area contributed by atoms with Gasteiger partial charge in [-0.2, -0.15) is 0 Å². The molecule has 6 heteroatoms. The average Bonchev–Trinajstić information content (AvgIpc) is 2.18. The number of rotatable bonds is 3. The quantitative estimate of drug-likeness (QED) is 0.525. The molecule has 0 aromatic carbocycles. The summed E-state index contributed by atoms with van der Waals surface area (Å²) < 4.78 is 22.3. The highest BCUT2D eigenvalue weighted by atomic mass is 32.2. The van der Waals surface area contributed by atoms with E-state index >= 15 is 0 Å². The molecule has 1 rings (SSSR count). The van der Waals surface area contributed by atoms with Gasteiger partial charge in [-0.15, -0.1) is 0 Å². The second-order valence-corrected chi connectivity index (χ2v) is 6.14. The maximum Gasteiger partial charge on any atom is 0.188 e. The van der Waals surface area contributed by atoms with Crippen LogP contribution in [0.5, 0.6) is 0 Å². The highest BCUT2D eigenvalue weighted by Gasteiger charge is 2.23. The summed E-state index contributed by atoms with van der Waals surface area (Å²) in [5.74, 6) is 0.943. The molecule has 0 aliphatic carbocycles. The topological polar surface area (TPSA) is 84.5 Å². The third kappa shape index (κ3) is 4.51. The number of nitrogens with two attached hydrogens (primary N) is 1. The van der Waals surface area contributed by atoms with Crippen LogP contribution in [0.25, 0.3) is 0 Å². The Labute approximate surface area is 91.1 Å². The van der Waals surface area contributed by atoms with Crippen molar-refractivity contribution in [3.05, 3.63) is 0 Å². The van der Waals surface area contributed by atoms with E-state index in [4.69, 9.17) is 5.73 Å². The summed E-state index contributed by atoms with van der Waals surface area (Å²) in [6.45, 7) is 2.74. The van der Waals surface area contributed by atoms with Crippen LogP contribution < -0.4 is 11.1 Å². The number of nitrogens with zero attached hydrogens (tertiary/aromatic N) is 1. The zero-order valence-corrected chi connectivity index (χ0v) is 9.89. The summed E-state index contributed by atoms with van der Waals surface area (Å²) in [4.78, 5) is 4.11. The van der Waals surface area contributed by atoms with E-state index in [1.807, 2.05) is 6.92 Å². The van der Waals surface area contributed by atoms with E-state index < -0.39 is 9.84 Å². The van der Waals surface area contributed by atoms with Crippen LogP contribution in [0.4, 0.5) is 0 Å². The molecule has 0 unspecified atom stereocenters. The lowest BCUT2D eigenvalue weighted by molar-refractivity contribution is 0.519. The van der Waals surface area contributed by atoms with E-state index in [9.17, 15) is 8.42 Å². The van der Waals surface area contributed by atoms with E-state index in [1.54, 1.807) is 0 Å². The Morgan fingerprint density at radius 2 is 2.07 bits per heavy atom. The Bertz CT molecular complexity index is 310. The summed E-state index contributed by atoms with van der Waals surface area (Å²) in [5, 5.41) is 3.05. The first-order valence-electron chi connectivity index (χ1n) is 5.30. The molecule has 0 aromatic heterocycles. The molecule has 88 valence electrons. The maximum absolute atomic E-state index is 11.2. The molecule has 0 radical (unpaired) electrons. The van der Waals surface area contributed by atoms with Gasteiger partial charge in [-0.25, -0.2) is 8.42 Å². The van der Waals surface area contributed by atoms with Crippen molar-refractivity contribution >= 4 is 15.8 Å². The van der Waals surface area contributed by atoms with Gasteiger partial charge in [0.05, 0.1) is 11.5 Å². The standard InChI is InChI=1S/C9H19N3O2S/c1-2-5-11-9(10)12-8-3-6-15(13,14)7-4-8/h8H,2-7H2,1H3,(H3,10,11,12). The number of sulfone groups is 1. The zero-order valence-electron chi connectivity index (χ0n) is 9.07. The normalized spacial score (nSPS) is 22.6. The molecule has 5 nitrogen and oxygen atoms in total. The van der Waals surface area contributed by atoms with E-state index in [0.29, 0.717) is 25.3 Å². The van der Waals surface area contributed by atoms with Crippen LogP contribution in [0.15, 0.2) is 4.99 Å². The molecule has 0 saturated carbocycles. The Balaban J connectivity index is 2.35. The molecule has 0 atom stereocenters. The molecular weight excluding hydrogens is 214 g/mol. The van der Waals surface area contributed by atoms with Gasteiger partial charge in [0.15, 0.2) is 5.96 Å². The minimum atomic E-state index is -2.79. The van der Waals surface area contributed by atoms with Gasteiger partial charge in [0.2, 0.25) is 0 Å². The molecule has 0 amide bonds. The summed E-state index contributed by atoms with van der Waals surface area (Å²) in [6, 6.07) is 0.161. The largest absolute Gasteiger partial charge is 0.370 e. The average molecular weight is 233 g/mol. The molecule has 1 heterocycles. The molecule has 1 fully saturated rings. The number of hydrogen-bond acceptors (Lipinski definition) is 3. The van der Waals surface area contributed by atoms with Crippen molar-refractivity contribution in [2.45, 2.75) is 32.2 Å². The Morgan fingerprint density at radius 1 is 1.47 bits per heavy atom. The van der Waals surface area contributed by atoms with Crippen LogP contribution in [-0.2, 0) is 9.84 Å². The minimum Gasteiger partial charge on any atom is -0.370 e. The maximum atomic E-state index is 11.2. The van der Waals surface area contributed by atoms with E-state index in [0.717, 1.165) is 6.42 Å². The summed E-state index contributed by atoms with van der Waals surface area (Å²) in [7, 11) is -2.79. The second kappa shape index (κ2) is 5.34.